The number of sulfonamides is 1. The molecule has 3 heterocycles. The van der Waals surface area contributed by atoms with Crippen LogP contribution in [0.25, 0.3) is 4.96 Å². The van der Waals surface area contributed by atoms with Gasteiger partial charge in [-0.2, -0.15) is 0 Å². The zero-order chi connectivity index (χ0) is 15.0. The molecule has 6 nitrogen and oxygen atoms in total. The van der Waals surface area contributed by atoms with E-state index < -0.39 is 10.0 Å². The lowest BCUT2D eigenvalue weighted by molar-refractivity contribution is 0.211. The molecular weight excluding hydrogens is 332 g/mol. The Morgan fingerprint density at radius 1 is 1.57 bits per heavy atom. The molecule has 1 unspecified atom stereocenters. The van der Waals surface area contributed by atoms with E-state index in [2.05, 4.69) is 21.7 Å². The molecule has 1 N–H and O–H groups in total. The Morgan fingerprint density at radius 2 is 2.38 bits per heavy atom. The summed E-state index contributed by atoms with van der Waals surface area (Å²) in [5.74, 6) is 0.336. The van der Waals surface area contributed by atoms with E-state index in [-0.39, 0.29) is 10.2 Å². The first-order valence-corrected chi connectivity index (χ1v) is 9.51. The summed E-state index contributed by atoms with van der Waals surface area (Å²) < 4.78 is 29.2. The number of fused-ring (bicyclic) bond motifs is 1. The maximum Gasteiger partial charge on any atom is 0.259 e. The average Bonchev–Trinajstić information content (AvgIpc) is 2.96. The van der Waals surface area contributed by atoms with Crippen LogP contribution in [0, 0.1) is 5.92 Å². The standard InChI is InChI=1S/C12H17ClN4O2S2/c1-16-4-2-3-9(8-16)7-14-21(18,19)11-10(13)15-12-17(11)5-6-20-12/h5-6,9,14H,2-4,7-8H2,1H3. The molecule has 9 heteroatoms. The lowest BCUT2D eigenvalue weighted by atomic mass is 9.99. The molecule has 0 radical (unpaired) electrons. The van der Waals surface area contributed by atoms with Gasteiger partial charge in [-0.05, 0) is 32.4 Å². The Balaban J connectivity index is 1.77. The minimum atomic E-state index is -3.65. The molecule has 0 aromatic carbocycles. The fourth-order valence-corrected chi connectivity index (χ4v) is 5.28. The molecule has 3 rings (SSSR count). The normalized spacial score (nSPS) is 21.1. The monoisotopic (exact) mass is 348 g/mol. The van der Waals surface area contributed by atoms with Gasteiger partial charge in [-0.15, -0.1) is 11.3 Å². The van der Waals surface area contributed by atoms with Crippen molar-refractivity contribution in [2.75, 3.05) is 26.7 Å². The van der Waals surface area contributed by atoms with Gasteiger partial charge in [0.2, 0.25) is 0 Å². The van der Waals surface area contributed by atoms with Crippen molar-refractivity contribution in [2.24, 2.45) is 5.92 Å². The van der Waals surface area contributed by atoms with Crippen LogP contribution in [0.4, 0.5) is 0 Å². The molecule has 0 bridgehead atoms. The van der Waals surface area contributed by atoms with Gasteiger partial charge in [-0.1, -0.05) is 11.6 Å². The number of imidazole rings is 1. The number of aromatic nitrogens is 2. The Kier molecular flexibility index (Phi) is 4.24. The van der Waals surface area contributed by atoms with Gasteiger partial charge in [0.25, 0.3) is 10.0 Å². The predicted molar refractivity (Wildman–Crippen MR) is 83.5 cm³/mol. The summed E-state index contributed by atoms with van der Waals surface area (Å²) in [6.07, 6.45) is 3.81. The maximum absolute atomic E-state index is 12.5. The first-order chi connectivity index (χ1) is 9.97. The average molecular weight is 349 g/mol. The Labute approximate surface area is 132 Å². The second kappa shape index (κ2) is 5.85. The van der Waals surface area contributed by atoms with Crippen LogP contribution in [-0.2, 0) is 10.0 Å². The van der Waals surface area contributed by atoms with E-state index in [4.69, 9.17) is 11.6 Å². The number of hydrogen-bond donors (Lipinski definition) is 1. The van der Waals surface area contributed by atoms with Gasteiger partial charge in [0, 0.05) is 24.7 Å². The number of piperidine rings is 1. The second-order valence-corrected chi connectivity index (χ2v) is 8.30. The third-order valence-corrected chi connectivity index (χ3v) is 6.30. The Bertz CT molecular complexity index is 740. The van der Waals surface area contributed by atoms with Crippen LogP contribution in [0.15, 0.2) is 16.6 Å². The van der Waals surface area contributed by atoms with Crippen molar-refractivity contribution >= 4 is 37.9 Å². The molecule has 0 aliphatic carbocycles. The number of nitrogens with zero attached hydrogens (tertiary/aromatic N) is 3. The van der Waals surface area contributed by atoms with Gasteiger partial charge < -0.3 is 4.90 Å². The van der Waals surface area contributed by atoms with E-state index in [0.29, 0.717) is 17.4 Å². The van der Waals surface area contributed by atoms with Crippen molar-refractivity contribution in [1.82, 2.24) is 19.0 Å². The highest BCUT2D eigenvalue weighted by Gasteiger charge is 2.26. The topological polar surface area (TPSA) is 66.7 Å². The SMILES string of the molecule is CN1CCCC(CNS(=O)(=O)c2c(Cl)nc3sccn23)C1. The number of likely N-dealkylation sites (tertiary alicyclic amines) is 1. The highest BCUT2D eigenvalue weighted by atomic mass is 35.5. The summed E-state index contributed by atoms with van der Waals surface area (Å²) in [7, 11) is -1.60. The Morgan fingerprint density at radius 3 is 3.14 bits per heavy atom. The summed E-state index contributed by atoms with van der Waals surface area (Å²) >= 11 is 7.34. The minimum absolute atomic E-state index is 0.0233. The summed E-state index contributed by atoms with van der Waals surface area (Å²) in [5.41, 5.74) is 0. The van der Waals surface area contributed by atoms with Gasteiger partial charge in [-0.25, -0.2) is 18.1 Å². The summed E-state index contributed by atoms with van der Waals surface area (Å²) in [5, 5.41) is 1.84. The molecule has 2 aromatic rings. The molecule has 1 saturated heterocycles. The van der Waals surface area contributed by atoms with Gasteiger partial charge in [0.15, 0.2) is 15.1 Å². The molecule has 1 fully saturated rings. The zero-order valence-corrected chi connectivity index (χ0v) is 14.0. The molecule has 2 aromatic heterocycles. The molecule has 0 amide bonds. The van der Waals surface area contributed by atoms with Crippen LogP contribution >= 0.6 is 22.9 Å². The number of halogens is 1. The molecule has 0 saturated carbocycles. The van der Waals surface area contributed by atoms with Crippen LogP contribution in [-0.4, -0.2) is 49.4 Å². The predicted octanol–water partition coefficient (Wildman–Crippen LogP) is 1.67. The molecule has 1 aliphatic rings. The first-order valence-electron chi connectivity index (χ1n) is 6.76. The van der Waals surface area contributed by atoms with Crippen molar-refractivity contribution in [3.05, 3.63) is 16.7 Å². The van der Waals surface area contributed by atoms with E-state index in [1.54, 1.807) is 11.6 Å². The smallest absolute Gasteiger partial charge is 0.259 e. The van der Waals surface area contributed by atoms with Crippen molar-refractivity contribution in [1.29, 1.82) is 0 Å². The van der Waals surface area contributed by atoms with Crippen molar-refractivity contribution < 1.29 is 8.42 Å². The quantitative estimate of drug-likeness (QED) is 0.912. The molecular formula is C12H17ClN4O2S2. The van der Waals surface area contributed by atoms with Crippen LogP contribution in [0.2, 0.25) is 5.15 Å². The van der Waals surface area contributed by atoms with Gasteiger partial charge in [0.1, 0.15) is 0 Å². The van der Waals surface area contributed by atoms with E-state index in [0.717, 1.165) is 25.9 Å². The first kappa shape index (κ1) is 15.2. The van der Waals surface area contributed by atoms with Crippen LogP contribution in [0.5, 0.6) is 0 Å². The second-order valence-electron chi connectivity index (χ2n) is 5.39. The fourth-order valence-electron chi connectivity index (χ4n) is 2.71. The summed E-state index contributed by atoms with van der Waals surface area (Å²) in [6.45, 7) is 2.42. The summed E-state index contributed by atoms with van der Waals surface area (Å²) in [6, 6.07) is 0. The van der Waals surface area contributed by atoms with E-state index >= 15 is 0 Å². The fraction of sp³-hybridized carbons (Fsp3) is 0.583. The number of thiazole rings is 1. The van der Waals surface area contributed by atoms with Crippen LogP contribution in [0.3, 0.4) is 0 Å². The Hall–Kier alpha value is -0.670. The van der Waals surface area contributed by atoms with Crippen LogP contribution in [0.1, 0.15) is 12.8 Å². The zero-order valence-electron chi connectivity index (χ0n) is 11.6. The number of nitrogens with one attached hydrogen (secondary N) is 1. The van der Waals surface area contributed by atoms with Crippen molar-refractivity contribution in [2.45, 2.75) is 17.9 Å². The number of rotatable bonds is 4. The number of hydrogen-bond acceptors (Lipinski definition) is 5. The van der Waals surface area contributed by atoms with Gasteiger partial charge in [-0.3, -0.25) is 4.40 Å². The highest BCUT2D eigenvalue weighted by molar-refractivity contribution is 7.89. The summed E-state index contributed by atoms with van der Waals surface area (Å²) in [4.78, 5) is 6.87. The van der Waals surface area contributed by atoms with Crippen molar-refractivity contribution in [3.8, 4) is 0 Å². The third kappa shape index (κ3) is 3.09. The van der Waals surface area contributed by atoms with Gasteiger partial charge in [0.05, 0.1) is 0 Å². The lowest BCUT2D eigenvalue weighted by Crippen LogP contribution is -2.39. The highest BCUT2D eigenvalue weighted by Crippen LogP contribution is 2.25. The van der Waals surface area contributed by atoms with Gasteiger partial charge >= 0.3 is 0 Å². The molecule has 0 spiro atoms. The lowest BCUT2D eigenvalue weighted by Gasteiger charge is -2.29. The molecule has 1 atom stereocenters. The largest absolute Gasteiger partial charge is 0.306 e. The third-order valence-electron chi connectivity index (χ3n) is 3.72. The minimum Gasteiger partial charge on any atom is -0.306 e. The van der Waals surface area contributed by atoms with Crippen LogP contribution < -0.4 is 4.72 Å². The molecule has 116 valence electrons. The van der Waals surface area contributed by atoms with E-state index in [1.807, 2.05) is 0 Å². The van der Waals surface area contributed by atoms with Crippen molar-refractivity contribution in [3.63, 3.8) is 0 Å². The molecule has 1 aliphatic heterocycles. The van der Waals surface area contributed by atoms with E-state index in [9.17, 15) is 8.42 Å². The molecule has 21 heavy (non-hydrogen) atoms. The maximum atomic E-state index is 12.5. The van der Waals surface area contributed by atoms with E-state index in [1.165, 1.54) is 15.7 Å².